The molecule has 0 aromatic heterocycles. The fraction of sp³-hybridized carbons (Fsp3) is 0.0909. The Bertz CT molecular complexity index is 1080. The van der Waals surface area contributed by atoms with Crippen molar-refractivity contribution in [1.29, 1.82) is 0 Å². The van der Waals surface area contributed by atoms with E-state index in [9.17, 15) is 19.8 Å². The van der Waals surface area contributed by atoms with Crippen LogP contribution in [0, 0.1) is 0 Å². The number of benzene rings is 3. The molecule has 0 saturated carbocycles. The molecule has 0 bridgehead atoms. The maximum Gasteiger partial charge on any atom is 0.198 e. The average Bonchev–Trinajstić information content (AvgIpc) is 2.69. The summed E-state index contributed by atoms with van der Waals surface area (Å²) in [5.74, 6) is -0.812. The SMILES string of the molecule is COc1ccc(Cc2cc(O)c3c(c2O)C(=O)c2ccccc2C3=O)cc1. The first-order chi connectivity index (χ1) is 13.0. The minimum absolute atomic E-state index is 0.137. The molecule has 0 unspecified atom stereocenters. The third-order valence-corrected chi connectivity index (χ3v) is 4.78. The summed E-state index contributed by atoms with van der Waals surface area (Å²) in [5, 5.41) is 21.2. The maximum atomic E-state index is 12.9. The highest BCUT2D eigenvalue weighted by Crippen LogP contribution is 2.40. The van der Waals surface area contributed by atoms with E-state index in [1.165, 1.54) is 6.07 Å². The molecule has 5 heteroatoms. The highest BCUT2D eigenvalue weighted by atomic mass is 16.5. The van der Waals surface area contributed by atoms with Crippen LogP contribution in [0.25, 0.3) is 0 Å². The van der Waals surface area contributed by atoms with Gasteiger partial charge in [0.05, 0.1) is 18.2 Å². The molecule has 0 heterocycles. The van der Waals surface area contributed by atoms with Gasteiger partial charge in [-0.25, -0.2) is 0 Å². The van der Waals surface area contributed by atoms with Gasteiger partial charge in [0.1, 0.15) is 17.2 Å². The number of carbonyl (C=O) groups excluding carboxylic acids is 2. The van der Waals surface area contributed by atoms with E-state index < -0.39 is 11.6 Å². The Morgan fingerprint density at radius 3 is 2.04 bits per heavy atom. The van der Waals surface area contributed by atoms with Crippen molar-refractivity contribution in [2.75, 3.05) is 7.11 Å². The third kappa shape index (κ3) is 2.64. The first kappa shape index (κ1) is 16.8. The van der Waals surface area contributed by atoms with Crippen LogP contribution in [0.3, 0.4) is 0 Å². The van der Waals surface area contributed by atoms with Gasteiger partial charge in [-0.15, -0.1) is 0 Å². The molecule has 1 aliphatic rings. The highest BCUT2D eigenvalue weighted by Gasteiger charge is 2.35. The van der Waals surface area contributed by atoms with E-state index in [0.717, 1.165) is 5.56 Å². The summed E-state index contributed by atoms with van der Waals surface area (Å²) in [6, 6.07) is 15.0. The van der Waals surface area contributed by atoms with Crippen LogP contribution >= 0.6 is 0 Å². The number of carbonyl (C=O) groups is 2. The summed E-state index contributed by atoms with van der Waals surface area (Å²) in [6.07, 6.45) is 0.291. The zero-order chi connectivity index (χ0) is 19.1. The summed E-state index contributed by atoms with van der Waals surface area (Å²) >= 11 is 0. The van der Waals surface area contributed by atoms with Crippen molar-refractivity contribution in [3.8, 4) is 17.2 Å². The number of hydrogen-bond acceptors (Lipinski definition) is 5. The Kier molecular flexibility index (Phi) is 3.92. The van der Waals surface area contributed by atoms with Crippen LogP contribution in [0.1, 0.15) is 43.0 Å². The Hall–Kier alpha value is -3.60. The number of hydrogen-bond donors (Lipinski definition) is 2. The van der Waals surface area contributed by atoms with Crippen LogP contribution < -0.4 is 4.74 Å². The number of ketones is 2. The van der Waals surface area contributed by atoms with Crippen LogP contribution in [0.4, 0.5) is 0 Å². The van der Waals surface area contributed by atoms with Crippen LogP contribution in [-0.2, 0) is 6.42 Å². The van der Waals surface area contributed by atoms with Gasteiger partial charge in [0.25, 0.3) is 0 Å². The van der Waals surface area contributed by atoms with Gasteiger partial charge in [0.15, 0.2) is 11.6 Å². The molecule has 0 fully saturated rings. The summed E-state index contributed by atoms with van der Waals surface area (Å²) in [5.41, 5.74) is 1.41. The molecule has 27 heavy (non-hydrogen) atoms. The van der Waals surface area contributed by atoms with E-state index in [1.807, 2.05) is 12.1 Å². The molecule has 5 nitrogen and oxygen atoms in total. The van der Waals surface area contributed by atoms with E-state index >= 15 is 0 Å². The van der Waals surface area contributed by atoms with Crippen LogP contribution in [0.5, 0.6) is 17.2 Å². The fourth-order valence-corrected chi connectivity index (χ4v) is 3.41. The van der Waals surface area contributed by atoms with Crippen molar-refractivity contribution in [2.24, 2.45) is 0 Å². The molecule has 0 atom stereocenters. The molecular formula is C22H16O5. The van der Waals surface area contributed by atoms with Gasteiger partial charge in [0.2, 0.25) is 0 Å². The average molecular weight is 360 g/mol. The normalized spacial score (nSPS) is 12.5. The molecule has 4 rings (SSSR count). The van der Waals surface area contributed by atoms with E-state index in [4.69, 9.17) is 4.74 Å². The smallest absolute Gasteiger partial charge is 0.198 e. The lowest BCUT2D eigenvalue weighted by Gasteiger charge is -2.21. The first-order valence-corrected chi connectivity index (χ1v) is 8.40. The fourth-order valence-electron chi connectivity index (χ4n) is 3.41. The molecule has 0 spiro atoms. The number of phenolic OH excluding ortho intramolecular Hbond substituents is 2. The lowest BCUT2D eigenvalue weighted by Crippen LogP contribution is -2.21. The molecule has 0 amide bonds. The van der Waals surface area contributed by atoms with Gasteiger partial charge in [-0.05, 0) is 23.8 Å². The van der Waals surface area contributed by atoms with Gasteiger partial charge in [-0.3, -0.25) is 9.59 Å². The van der Waals surface area contributed by atoms with Crippen molar-refractivity contribution in [1.82, 2.24) is 0 Å². The molecule has 0 radical (unpaired) electrons. The molecule has 3 aromatic carbocycles. The van der Waals surface area contributed by atoms with Crippen LogP contribution in [-0.4, -0.2) is 28.9 Å². The molecule has 0 aliphatic heterocycles. The number of aromatic hydroxyl groups is 2. The number of rotatable bonds is 3. The minimum atomic E-state index is -0.469. The Balaban J connectivity index is 1.82. The van der Waals surface area contributed by atoms with Gasteiger partial charge < -0.3 is 14.9 Å². The highest BCUT2D eigenvalue weighted by molar-refractivity contribution is 6.30. The van der Waals surface area contributed by atoms with E-state index in [-0.39, 0.29) is 33.8 Å². The zero-order valence-electron chi connectivity index (χ0n) is 14.5. The molecule has 1 aliphatic carbocycles. The quantitative estimate of drug-likeness (QED) is 0.547. The number of methoxy groups -OCH3 is 1. The minimum Gasteiger partial charge on any atom is -0.507 e. The predicted molar refractivity (Wildman–Crippen MR) is 98.9 cm³/mol. The number of ether oxygens (including phenoxy) is 1. The van der Waals surface area contributed by atoms with Crippen molar-refractivity contribution in [2.45, 2.75) is 6.42 Å². The lowest BCUT2D eigenvalue weighted by atomic mass is 9.81. The second-order valence-electron chi connectivity index (χ2n) is 6.38. The summed E-state index contributed by atoms with van der Waals surface area (Å²) in [6.45, 7) is 0. The first-order valence-electron chi connectivity index (χ1n) is 8.40. The van der Waals surface area contributed by atoms with Crippen molar-refractivity contribution >= 4 is 11.6 Å². The number of fused-ring (bicyclic) bond motifs is 2. The van der Waals surface area contributed by atoms with E-state index in [0.29, 0.717) is 17.7 Å². The van der Waals surface area contributed by atoms with Gasteiger partial charge in [0, 0.05) is 23.1 Å². The maximum absolute atomic E-state index is 12.9. The third-order valence-electron chi connectivity index (χ3n) is 4.78. The van der Waals surface area contributed by atoms with Crippen molar-refractivity contribution in [3.05, 3.63) is 88.0 Å². The van der Waals surface area contributed by atoms with Gasteiger partial charge >= 0.3 is 0 Å². The largest absolute Gasteiger partial charge is 0.507 e. The molecule has 2 N–H and O–H groups in total. The molecule has 3 aromatic rings. The Morgan fingerprint density at radius 2 is 1.44 bits per heavy atom. The van der Waals surface area contributed by atoms with Crippen LogP contribution in [0.2, 0.25) is 0 Å². The molecular weight excluding hydrogens is 344 g/mol. The summed E-state index contributed by atoms with van der Waals surface area (Å²) in [7, 11) is 1.57. The second-order valence-corrected chi connectivity index (χ2v) is 6.38. The predicted octanol–water partition coefficient (Wildman–Crippen LogP) is 3.47. The van der Waals surface area contributed by atoms with E-state index in [2.05, 4.69) is 0 Å². The van der Waals surface area contributed by atoms with Crippen molar-refractivity contribution in [3.63, 3.8) is 0 Å². The molecule has 134 valence electrons. The van der Waals surface area contributed by atoms with Crippen LogP contribution in [0.15, 0.2) is 54.6 Å². The number of phenols is 2. The summed E-state index contributed by atoms with van der Waals surface area (Å²) < 4.78 is 5.12. The van der Waals surface area contributed by atoms with E-state index in [1.54, 1.807) is 43.5 Å². The standard InChI is InChI=1S/C22H16O5/c1-27-14-8-6-12(7-9-14)10-13-11-17(23)18-19(20(13)24)22(26)16-5-3-2-4-15(16)21(18)25/h2-9,11,23-24H,10H2,1H3. The lowest BCUT2D eigenvalue weighted by molar-refractivity contribution is 0.0974. The zero-order valence-corrected chi connectivity index (χ0v) is 14.5. The van der Waals surface area contributed by atoms with Crippen molar-refractivity contribution < 1.29 is 24.5 Å². The topological polar surface area (TPSA) is 83.8 Å². The summed E-state index contributed by atoms with van der Waals surface area (Å²) in [4.78, 5) is 25.6. The van der Waals surface area contributed by atoms with Gasteiger partial charge in [-0.2, -0.15) is 0 Å². The van der Waals surface area contributed by atoms with Gasteiger partial charge in [-0.1, -0.05) is 36.4 Å². The second kappa shape index (κ2) is 6.29. The molecule has 0 saturated heterocycles. The Morgan fingerprint density at radius 1 is 0.852 bits per heavy atom. The monoisotopic (exact) mass is 360 g/mol. The Labute approximate surface area is 155 Å².